The van der Waals surface area contributed by atoms with Crippen molar-refractivity contribution in [3.8, 4) is 0 Å². The zero-order valence-electron chi connectivity index (χ0n) is 13.4. The van der Waals surface area contributed by atoms with Gasteiger partial charge in [0.1, 0.15) is 5.82 Å². The van der Waals surface area contributed by atoms with Gasteiger partial charge in [-0.05, 0) is 36.8 Å². The number of alkyl halides is 3. The number of rotatable bonds is 3. The summed E-state index contributed by atoms with van der Waals surface area (Å²) in [5.74, 6) is 0.0444. The number of benzene rings is 1. The van der Waals surface area contributed by atoms with E-state index in [-0.39, 0.29) is 22.8 Å². The van der Waals surface area contributed by atoms with Gasteiger partial charge in [0, 0.05) is 35.9 Å². The predicted octanol–water partition coefficient (Wildman–Crippen LogP) is 4.42. The van der Waals surface area contributed by atoms with Crippen molar-refractivity contribution in [2.45, 2.75) is 18.6 Å². The van der Waals surface area contributed by atoms with Crippen molar-refractivity contribution in [1.82, 2.24) is 10.3 Å². The Kier molecular flexibility index (Phi) is 5.29. The first-order valence-electron chi connectivity index (χ1n) is 7.78. The molecule has 1 fully saturated rings. The van der Waals surface area contributed by atoms with Gasteiger partial charge in [-0.15, -0.1) is 0 Å². The van der Waals surface area contributed by atoms with E-state index in [1.807, 2.05) is 0 Å². The number of carbonyl (C=O) groups is 1. The van der Waals surface area contributed by atoms with Crippen LogP contribution in [0.3, 0.4) is 0 Å². The summed E-state index contributed by atoms with van der Waals surface area (Å²) >= 11 is 11.8. The van der Waals surface area contributed by atoms with Crippen LogP contribution < -0.4 is 10.2 Å². The van der Waals surface area contributed by atoms with E-state index in [1.165, 1.54) is 0 Å². The Balaban J connectivity index is 1.65. The highest BCUT2D eigenvalue weighted by Gasteiger charge is 2.33. The van der Waals surface area contributed by atoms with Crippen molar-refractivity contribution in [3.63, 3.8) is 0 Å². The van der Waals surface area contributed by atoms with Crippen molar-refractivity contribution in [2.24, 2.45) is 0 Å². The summed E-state index contributed by atoms with van der Waals surface area (Å²) in [6, 6.07) is 7.21. The number of carbonyl (C=O) groups excluding carboxylic acids is 1. The molecule has 0 aliphatic carbocycles. The molecular formula is C17H14Cl2F3N3O. The summed E-state index contributed by atoms with van der Waals surface area (Å²) in [5, 5.41) is 3.37. The maximum atomic E-state index is 12.7. The minimum absolute atomic E-state index is 0.0653. The molecule has 2 aromatic rings. The Labute approximate surface area is 157 Å². The standard InChI is InChI=1S/C17H14Cl2F3N3O/c18-12-3-1-10(2-4-12)16(26)24-13-5-6-25(9-13)15-14(19)7-11(8-23-15)17(20,21)22/h1-4,7-8,13H,5-6,9H2,(H,24,26). The molecule has 9 heteroatoms. The van der Waals surface area contributed by atoms with Gasteiger partial charge >= 0.3 is 6.18 Å². The average Bonchev–Trinajstić information content (AvgIpc) is 3.02. The fourth-order valence-electron chi connectivity index (χ4n) is 2.76. The number of nitrogens with one attached hydrogen (secondary N) is 1. The summed E-state index contributed by atoms with van der Waals surface area (Å²) in [5.41, 5.74) is -0.406. The number of hydrogen-bond acceptors (Lipinski definition) is 3. The predicted molar refractivity (Wildman–Crippen MR) is 93.8 cm³/mol. The molecule has 3 rings (SSSR count). The molecule has 1 saturated heterocycles. The monoisotopic (exact) mass is 403 g/mol. The summed E-state index contributed by atoms with van der Waals surface area (Å²) in [6.07, 6.45) is -3.09. The van der Waals surface area contributed by atoms with Gasteiger partial charge in [-0.1, -0.05) is 23.2 Å². The molecule has 1 amide bonds. The molecule has 1 aliphatic heterocycles. The van der Waals surface area contributed by atoms with E-state index >= 15 is 0 Å². The van der Waals surface area contributed by atoms with Gasteiger partial charge in [-0.2, -0.15) is 13.2 Å². The van der Waals surface area contributed by atoms with Crippen LogP contribution in [0.25, 0.3) is 0 Å². The lowest BCUT2D eigenvalue weighted by molar-refractivity contribution is -0.137. The van der Waals surface area contributed by atoms with Crippen LogP contribution >= 0.6 is 23.2 Å². The zero-order chi connectivity index (χ0) is 18.9. The molecule has 138 valence electrons. The van der Waals surface area contributed by atoms with Crippen LogP contribution in [-0.2, 0) is 6.18 Å². The van der Waals surface area contributed by atoms with Crippen LogP contribution in [0.1, 0.15) is 22.3 Å². The Hall–Kier alpha value is -1.99. The van der Waals surface area contributed by atoms with E-state index in [0.29, 0.717) is 30.1 Å². The Morgan fingerprint density at radius 2 is 1.92 bits per heavy atom. The van der Waals surface area contributed by atoms with Gasteiger partial charge in [-0.25, -0.2) is 4.98 Å². The number of amides is 1. The zero-order valence-corrected chi connectivity index (χ0v) is 14.9. The molecule has 0 saturated carbocycles. The highest BCUT2D eigenvalue weighted by molar-refractivity contribution is 6.33. The molecule has 1 N–H and O–H groups in total. The summed E-state index contributed by atoms with van der Waals surface area (Å²) < 4.78 is 38.1. The van der Waals surface area contributed by atoms with Crippen LogP contribution in [-0.4, -0.2) is 30.0 Å². The highest BCUT2D eigenvalue weighted by Crippen LogP contribution is 2.34. The van der Waals surface area contributed by atoms with Crippen molar-refractivity contribution < 1.29 is 18.0 Å². The summed E-state index contributed by atoms with van der Waals surface area (Å²) in [6.45, 7) is 0.945. The Bertz CT molecular complexity index is 812. The maximum absolute atomic E-state index is 12.7. The van der Waals surface area contributed by atoms with Crippen LogP contribution in [0.2, 0.25) is 10.0 Å². The molecule has 0 bridgehead atoms. The van der Waals surface area contributed by atoms with E-state index in [0.717, 1.165) is 12.3 Å². The molecule has 1 unspecified atom stereocenters. The second-order valence-corrected chi connectivity index (χ2v) is 6.78. The second kappa shape index (κ2) is 7.32. The molecule has 1 aliphatic rings. The van der Waals surface area contributed by atoms with Crippen LogP contribution in [0, 0.1) is 0 Å². The van der Waals surface area contributed by atoms with E-state index in [1.54, 1.807) is 29.2 Å². The first-order chi connectivity index (χ1) is 12.2. The molecule has 0 spiro atoms. The van der Waals surface area contributed by atoms with Crippen molar-refractivity contribution in [2.75, 3.05) is 18.0 Å². The quantitative estimate of drug-likeness (QED) is 0.824. The van der Waals surface area contributed by atoms with E-state index in [4.69, 9.17) is 23.2 Å². The number of pyridine rings is 1. The van der Waals surface area contributed by atoms with E-state index in [2.05, 4.69) is 10.3 Å². The lowest BCUT2D eigenvalue weighted by Gasteiger charge is -2.20. The third-order valence-corrected chi connectivity index (χ3v) is 4.61. The minimum Gasteiger partial charge on any atom is -0.353 e. The fourth-order valence-corrected chi connectivity index (χ4v) is 3.17. The molecular weight excluding hydrogens is 390 g/mol. The highest BCUT2D eigenvalue weighted by atomic mass is 35.5. The van der Waals surface area contributed by atoms with Crippen molar-refractivity contribution in [1.29, 1.82) is 0 Å². The smallest absolute Gasteiger partial charge is 0.353 e. The fraction of sp³-hybridized carbons (Fsp3) is 0.294. The molecule has 0 radical (unpaired) electrons. The third kappa shape index (κ3) is 4.22. The van der Waals surface area contributed by atoms with Gasteiger partial charge in [0.05, 0.1) is 10.6 Å². The minimum atomic E-state index is -4.49. The van der Waals surface area contributed by atoms with Crippen LogP contribution in [0.5, 0.6) is 0 Å². The molecule has 26 heavy (non-hydrogen) atoms. The number of nitrogens with zero attached hydrogens (tertiary/aromatic N) is 2. The molecule has 2 heterocycles. The number of hydrogen-bond donors (Lipinski definition) is 1. The topological polar surface area (TPSA) is 45.2 Å². The van der Waals surface area contributed by atoms with Gasteiger partial charge in [0.15, 0.2) is 0 Å². The van der Waals surface area contributed by atoms with Crippen molar-refractivity contribution >= 4 is 34.9 Å². The van der Waals surface area contributed by atoms with Crippen LogP contribution in [0.4, 0.5) is 19.0 Å². The van der Waals surface area contributed by atoms with E-state index < -0.39 is 11.7 Å². The van der Waals surface area contributed by atoms with E-state index in [9.17, 15) is 18.0 Å². The Morgan fingerprint density at radius 3 is 2.54 bits per heavy atom. The maximum Gasteiger partial charge on any atom is 0.417 e. The van der Waals surface area contributed by atoms with Gasteiger partial charge < -0.3 is 10.2 Å². The summed E-state index contributed by atoms with van der Waals surface area (Å²) in [4.78, 5) is 17.9. The molecule has 4 nitrogen and oxygen atoms in total. The molecule has 1 aromatic heterocycles. The Morgan fingerprint density at radius 1 is 1.23 bits per heavy atom. The summed E-state index contributed by atoms with van der Waals surface area (Å²) in [7, 11) is 0. The lowest BCUT2D eigenvalue weighted by Crippen LogP contribution is -2.37. The number of halogens is 5. The number of anilines is 1. The van der Waals surface area contributed by atoms with Gasteiger partial charge in [0.2, 0.25) is 0 Å². The van der Waals surface area contributed by atoms with Gasteiger partial charge in [-0.3, -0.25) is 4.79 Å². The first kappa shape index (κ1) is 18.8. The lowest BCUT2D eigenvalue weighted by atomic mass is 10.2. The van der Waals surface area contributed by atoms with Crippen molar-refractivity contribution in [3.05, 3.63) is 57.7 Å². The molecule has 1 aromatic carbocycles. The first-order valence-corrected chi connectivity index (χ1v) is 8.54. The largest absolute Gasteiger partial charge is 0.417 e. The average molecular weight is 404 g/mol. The SMILES string of the molecule is O=C(NC1CCN(c2ncc(C(F)(F)F)cc2Cl)C1)c1ccc(Cl)cc1. The van der Waals surface area contributed by atoms with Crippen LogP contribution in [0.15, 0.2) is 36.5 Å². The number of aromatic nitrogens is 1. The second-order valence-electron chi connectivity index (χ2n) is 5.94. The normalized spacial score (nSPS) is 17.4. The third-order valence-electron chi connectivity index (χ3n) is 4.08. The molecule has 1 atom stereocenters. The van der Waals surface area contributed by atoms with Gasteiger partial charge in [0.25, 0.3) is 5.91 Å².